The average Bonchev–Trinajstić information content (AvgIpc) is 3.09. The third-order valence-corrected chi connectivity index (χ3v) is 5.54. The first-order chi connectivity index (χ1) is 13.1. The van der Waals surface area contributed by atoms with E-state index in [4.69, 9.17) is 0 Å². The number of nitro benzene ring substituents is 1. The predicted molar refractivity (Wildman–Crippen MR) is 109 cm³/mol. The second-order valence-electron chi connectivity index (χ2n) is 5.22. The predicted octanol–water partition coefficient (Wildman–Crippen LogP) is 4.11. The average molecular weight is 398 g/mol. The monoisotopic (exact) mass is 398 g/mol. The minimum atomic E-state index is -0.447. The van der Waals surface area contributed by atoms with Crippen molar-refractivity contribution in [3.05, 3.63) is 70.3 Å². The number of carbonyl (C=O) groups is 1. The second-order valence-corrected chi connectivity index (χ2v) is 7.48. The Labute approximate surface area is 163 Å². The van der Waals surface area contributed by atoms with E-state index in [1.807, 2.05) is 24.3 Å². The maximum Gasteiger partial charge on any atom is 0.276 e. The third kappa shape index (κ3) is 5.22. The fraction of sp³-hybridized carbons (Fsp3) is 0.0556. The first-order valence-corrected chi connectivity index (χ1v) is 9.64. The van der Waals surface area contributed by atoms with Crippen molar-refractivity contribution in [3.8, 4) is 0 Å². The number of thiazole rings is 1. The largest absolute Gasteiger partial charge is 0.276 e. The molecule has 3 aromatic rings. The first kappa shape index (κ1) is 18.7. The van der Waals surface area contributed by atoms with E-state index >= 15 is 0 Å². The van der Waals surface area contributed by atoms with Gasteiger partial charge < -0.3 is 0 Å². The number of benzene rings is 2. The van der Waals surface area contributed by atoms with Gasteiger partial charge in [-0.05, 0) is 30.4 Å². The number of rotatable bonds is 7. The fourth-order valence-corrected chi connectivity index (χ4v) is 4.03. The molecule has 0 fully saturated rings. The SMILES string of the molecule is O=C(CSc1nc2ccccc2s1)N/N=C\C=C/c1ccccc1[N+](=O)[O-]. The van der Waals surface area contributed by atoms with Crippen LogP contribution in [0.1, 0.15) is 5.56 Å². The number of fused-ring (bicyclic) bond motifs is 1. The summed E-state index contributed by atoms with van der Waals surface area (Å²) in [6.45, 7) is 0. The van der Waals surface area contributed by atoms with Crippen molar-refractivity contribution in [2.24, 2.45) is 5.10 Å². The van der Waals surface area contributed by atoms with Gasteiger partial charge in [0.2, 0.25) is 0 Å². The molecule has 0 spiro atoms. The number of hydrogen-bond donors (Lipinski definition) is 1. The first-order valence-electron chi connectivity index (χ1n) is 7.84. The molecule has 1 aromatic heterocycles. The van der Waals surface area contributed by atoms with Gasteiger partial charge in [0.05, 0.1) is 26.5 Å². The van der Waals surface area contributed by atoms with Crippen molar-refractivity contribution in [2.45, 2.75) is 4.34 Å². The third-order valence-electron chi connectivity index (χ3n) is 3.36. The smallest absolute Gasteiger partial charge is 0.272 e. The van der Waals surface area contributed by atoms with Crippen LogP contribution in [-0.4, -0.2) is 27.8 Å². The Morgan fingerprint density at radius 2 is 2.04 bits per heavy atom. The number of amides is 1. The molecule has 0 atom stereocenters. The summed E-state index contributed by atoms with van der Waals surface area (Å²) >= 11 is 2.89. The Balaban J connectivity index is 1.48. The molecule has 7 nitrogen and oxygen atoms in total. The van der Waals surface area contributed by atoms with E-state index < -0.39 is 4.92 Å². The lowest BCUT2D eigenvalue weighted by Crippen LogP contribution is -2.19. The summed E-state index contributed by atoms with van der Waals surface area (Å²) in [6, 6.07) is 14.2. The number of nitrogens with zero attached hydrogens (tertiary/aromatic N) is 3. The van der Waals surface area contributed by atoms with Crippen LogP contribution in [0.3, 0.4) is 0 Å². The summed E-state index contributed by atoms with van der Waals surface area (Å²) in [5.41, 5.74) is 3.81. The van der Waals surface area contributed by atoms with Crippen molar-refractivity contribution < 1.29 is 9.72 Å². The summed E-state index contributed by atoms with van der Waals surface area (Å²) in [5.74, 6) is -0.0556. The van der Waals surface area contributed by atoms with Crippen molar-refractivity contribution in [2.75, 3.05) is 5.75 Å². The molecule has 0 aliphatic heterocycles. The molecule has 3 rings (SSSR count). The van der Waals surface area contributed by atoms with Gasteiger partial charge in [-0.2, -0.15) is 5.10 Å². The van der Waals surface area contributed by atoms with Gasteiger partial charge in [0, 0.05) is 12.3 Å². The van der Waals surface area contributed by atoms with Crippen LogP contribution >= 0.6 is 23.1 Å². The molecule has 2 aromatic carbocycles. The quantitative estimate of drug-likeness (QED) is 0.279. The van der Waals surface area contributed by atoms with Gasteiger partial charge in [0.25, 0.3) is 11.6 Å². The molecule has 0 aliphatic carbocycles. The molecule has 136 valence electrons. The molecule has 0 radical (unpaired) electrons. The molecule has 1 heterocycles. The van der Waals surface area contributed by atoms with E-state index in [2.05, 4.69) is 15.5 Å². The standard InChI is InChI=1S/C18H14N4O3S2/c23-17(12-26-18-20-14-8-2-4-10-16(14)27-18)21-19-11-5-7-13-6-1-3-9-15(13)22(24)25/h1-11H,12H2,(H,21,23)/b7-5-,19-11-. The molecule has 1 N–H and O–H groups in total. The van der Waals surface area contributed by atoms with Crippen LogP contribution in [0.4, 0.5) is 5.69 Å². The number of hydrogen-bond acceptors (Lipinski definition) is 7. The highest BCUT2D eigenvalue weighted by atomic mass is 32.2. The molecular weight excluding hydrogens is 384 g/mol. The van der Waals surface area contributed by atoms with Crippen LogP contribution in [0.25, 0.3) is 16.3 Å². The zero-order chi connectivity index (χ0) is 19.1. The van der Waals surface area contributed by atoms with Gasteiger partial charge in [-0.25, -0.2) is 10.4 Å². The van der Waals surface area contributed by atoms with Crippen LogP contribution in [-0.2, 0) is 4.79 Å². The summed E-state index contributed by atoms with van der Waals surface area (Å²) < 4.78 is 1.91. The Kier molecular flexibility index (Phi) is 6.29. The van der Waals surface area contributed by atoms with Crippen LogP contribution in [0.15, 0.2) is 64.0 Å². The van der Waals surface area contributed by atoms with Crippen molar-refractivity contribution >= 4 is 57.2 Å². The van der Waals surface area contributed by atoms with E-state index in [1.54, 1.807) is 24.3 Å². The van der Waals surface area contributed by atoms with Crippen molar-refractivity contribution in [3.63, 3.8) is 0 Å². The molecule has 0 unspecified atom stereocenters. The highest BCUT2D eigenvalue weighted by Gasteiger charge is 2.09. The van der Waals surface area contributed by atoms with Gasteiger partial charge in [-0.3, -0.25) is 14.9 Å². The van der Waals surface area contributed by atoms with Crippen LogP contribution in [0.2, 0.25) is 0 Å². The van der Waals surface area contributed by atoms with E-state index in [1.165, 1.54) is 41.5 Å². The summed E-state index contributed by atoms with van der Waals surface area (Å²) in [6.07, 6.45) is 4.46. The van der Waals surface area contributed by atoms with E-state index in [0.717, 1.165) is 14.6 Å². The highest BCUT2D eigenvalue weighted by molar-refractivity contribution is 8.01. The lowest BCUT2D eigenvalue weighted by molar-refractivity contribution is -0.385. The van der Waals surface area contributed by atoms with Gasteiger partial charge in [0.1, 0.15) is 0 Å². The Morgan fingerprint density at radius 1 is 1.26 bits per heavy atom. The Bertz CT molecular complexity index is 997. The zero-order valence-corrected chi connectivity index (χ0v) is 15.6. The summed E-state index contributed by atoms with van der Waals surface area (Å²) in [4.78, 5) is 26.7. The minimum Gasteiger partial charge on any atom is -0.272 e. The maximum atomic E-state index is 11.8. The number of aromatic nitrogens is 1. The number of thioether (sulfide) groups is 1. The number of nitro groups is 1. The van der Waals surface area contributed by atoms with E-state index in [-0.39, 0.29) is 17.3 Å². The summed E-state index contributed by atoms with van der Waals surface area (Å²) in [5, 5.41) is 14.7. The number of hydrazone groups is 1. The van der Waals surface area contributed by atoms with E-state index in [9.17, 15) is 14.9 Å². The van der Waals surface area contributed by atoms with Crippen LogP contribution in [0.5, 0.6) is 0 Å². The topological polar surface area (TPSA) is 97.5 Å². The zero-order valence-electron chi connectivity index (χ0n) is 13.9. The number of nitrogens with one attached hydrogen (secondary N) is 1. The summed E-state index contributed by atoms with van der Waals surface area (Å²) in [7, 11) is 0. The molecule has 27 heavy (non-hydrogen) atoms. The highest BCUT2D eigenvalue weighted by Crippen LogP contribution is 2.29. The van der Waals surface area contributed by atoms with Crippen LogP contribution in [0, 0.1) is 10.1 Å². The molecule has 1 amide bonds. The van der Waals surface area contributed by atoms with Gasteiger partial charge in [-0.15, -0.1) is 11.3 Å². The molecule has 0 saturated heterocycles. The van der Waals surface area contributed by atoms with Crippen molar-refractivity contribution in [1.82, 2.24) is 10.4 Å². The minimum absolute atomic E-state index is 0.0124. The Hall–Kier alpha value is -3.04. The lowest BCUT2D eigenvalue weighted by atomic mass is 10.2. The second kappa shape index (κ2) is 9.06. The van der Waals surface area contributed by atoms with Crippen molar-refractivity contribution in [1.29, 1.82) is 0 Å². The molecule has 0 saturated carbocycles. The Morgan fingerprint density at radius 3 is 2.85 bits per heavy atom. The molecule has 0 aliphatic rings. The number of carbonyl (C=O) groups excluding carboxylic acids is 1. The number of allylic oxidation sites excluding steroid dienone is 1. The van der Waals surface area contributed by atoms with Gasteiger partial charge in [0.15, 0.2) is 4.34 Å². The fourth-order valence-electron chi connectivity index (χ4n) is 2.17. The normalized spacial score (nSPS) is 11.4. The maximum absolute atomic E-state index is 11.8. The van der Waals surface area contributed by atoms with Gasteiger partial charge >= 0.3 is 0 Å². The molecular formula is C18H14N4O3S2. The van der Waals surface area contributed by atoms with Gasteiger partial charge in [-0.1, -0.05) is 36.0 Å². The number of para-hydroxylation sites is 2. The molecule has 9 heteroatoms. The molecule has 0 bridgehead atoms. The van der Waals surface area contributed by atoms with Crippen LogP contribution < -0.4 is 5.43 Å². The lowest BCUT2D eigenvalue weighted by Gasteiger charge is -1.97. The van der Waals surface area contributed by atoms with E-state index in [0.29, 0.717) is 5.56 Å².